The van der Waals surface area contributed by atoms with Gasteiger partial charge in [-0.3, -0.25) is 0 Å². The highest BCUT2D eigenvalue weighted by Crippen LogP contribution is 2.27. The summed E-state index contributed by atoms with van der Waals surface area (Å²) in [7, 11) is 0. The zero-order valence-electron chi connectivity index (χ0n) is 12.8. The Morgan fingerprint density at radius 3 is 2.47 bits per heavy atom. The minimum Gasteiger partial charge on any atom is -0.310 e. The molecule has 0 aliphatic heterocycles. The van der Waals surface area contributed by atoms with Crippen molar-refractivity contribution >= 4 is 15.9 Å². The van der Waals surface area contributed by atoms with Gasteiger partial charge in [-0.05, 0) is 55.5 Å². The van der Waals surface area contributed by atoms with E-state index in [-0.39, 0.29) is 0 Å². The maximum absolute atomic E-state index is 3.71. The molecule has 0 aliphatic carbocycles. The average Bonchev–Trinajstić information content (AvgIpc) is 2.33. The molecule has 2 heteroatoms. The third-order valence-corrected chi connectivity index (χ3v) is 3.98. The summed E-state index contributed by atoms with van der Waals surface area (Å²) >= 11 is 3.62. The van der Waals surface area contributed by atoms with E-state index in [1.165, 1.54) is 41.3 Å². The highest BCUT2D eigenvalue weighted by molar-refractivity contribution is 9.10. The average molecular weight is 326 g/mol. The lowest BCUT2D eigenvalue weighted by Crippen LogP contribution is -2.24. The van der Waals surface area contributed by atoms with Crippen molar-refractivity contribution < 1.29 is 0 Å². The first-order valence-electron chi connectivity index (χ1n) is 7.57. The van der Waals surface area contributed by atoms with Crippen molar-refractivity contribution in [3.05, 3.63) is 33.8 Å². The minimum atomic E-state index is 0.484. The number of benzene rings is 1. The highest BCUT2D eigenvalue weighted by atomic mass is 79.9. The summed E-state index contributed by atoms with van der Waals surface area (Å²) in [4.78, 5) is 0. The van der Waals surface area contributed by atoms with Crippen molar-refractivity contribution in [2.24, 2.45) is 5.92 Å². The smallest absolute Gasteiger partial charge is 0.0323 e. The number of halogens is 1. The zero-order valence-corrected chi connectivity index (χ0v) is 14.4. The van der Waals surface area contributed by atoms with E-state index >= 15 is 0 Å². The number of nitrogens with one attached hydrogen (secondary N) is 1. The largest absolute Gasteiger partial charge is 0.310 e. The number of hydrogen-bond donors (Lipinski definition) is 1. The zero-order chi connectivity index (χ0) is 14.3. The molecule has 1 nitrogen and oxygen atoms in total. The molecule has 0 amide bonds. The van der Waals surface area contributed by atoms with Gasteiger partial charge in [-0.25, -0.2) is 0 Å². The molecule has 0 aliphatic rings. The Bertz CT molecular complexity index is 355. The van der Waals surface area contributed by atoms with Gasteiger partial charge in [0, 0.05) is 10.5 Å². The van der Waals surface area contributed by atoms with Gasteiger partial charge in [-0.1, -0.05) is 55.6 Å². The van der Waals surface area contributed by atoms with Crippen LogP contribution in [0, 0.1) is 12.8 Å². The molecule has 0 fully saturated rings. The van der Waals surface area contributed by atoms with E-state index in [0.717, 1.165) is 12.5 Å². The summed E-state index contributed by atoms with van der Waals surface area (Å²) in [6.45, 7) is 10.1. The molecule has 0 radical (unpaired) electrons. The fraction of sp³-hybridized carbons (Fsp3) is 0.647. The van der Waals surface area contributed by atoms with Gasteiger partial charge in [0.25, 0.3) is 0 Å². The molecule has 0 spiro atoms. The van der Waals surface area contributed by atoms with Gasteiger partial charge in [0.15, 0.2) is 0 Å². The van der Waals surface area contributed by atoms with Crippen LogP contribution in [0.2, 0.25) is 0 Å². The molecule has 1 aromatic carbocycles. The van der Waals surface area contributed by atoms with Crippen LogP contribution >= 0.6 is 15.9 Å². The van der Waals surface area contributed by atoms with Crippen LogP contribution in [0.15, 0.2) is 22.7 Å². The van der Waals surface area contributed by atoms with Gasteiger partial charge in [-0.2, -0.15) is 0 Å². The summed E-state index contributed by atoms with van der Waals surface area (Å²) < 4.78 is 1.19. The van der Waals surface area contributed by atoms with Crippen molar-refractivity contribution in [1.82, 2.24) is 5.32 Å². The molecule has 0 saturated carbocycles. The molecular weight excluding hydrogens is 298 g/mol. The van der Waals surface area contributed by atoms with E-state index in [4.69, 9.17) is 0 Å². The fourth-order valence-corrected chi connectivity index (χ4v) is 3.26. The molecule has 0 aromatic heterocycles. The number of hydrogen-bond acceptors (Lipinski definition) is 1. The Labute approximate surface area is 127 Å². The Balaban J connectivity index is 2.82. The second-order valence-corrected chi connectivity index (χ2v) is 6.61. The van der Waals surface area contributed by atoms with Crippen molar-refractivity contribution in [2.75, 3.05) is 6.54 Å². The first kappa shape index (κ1) is 16.7. The molecule has 0 saturated heterocycles. The van der Waals surface area contributed by atoms with Gasteiger partial charge >= 0.3 is 0 Å². The van der Waals surface area contributed by atoms with Crippen LogP contribution in [0.1, 0.15) is 63.6 Å². The molecular formula is C17H28BrN. The Morgan fingerprint density at radius 1 is 1.16 bits per heavy atom. The molecule has 2 atom stereocenters. The van der Waals surface area contributed by atoms with E-state index in [9.17, 15) is 0 Å². The van der Waals surface area contributed by atoms with E-state index in [0.29, 0.717) is 6.04 Å². The normalized spacial score (nSPS) is 14.4. The van der Waals surface area contributed by atoms with Crippen molar-refractivity contribution in [1.29, 1.82) is 0 Å². The number of aryl methyl sites for hydroxylation is 1. The topological polar surface area (TPSA) is 12.0 Å². The van der Waals surface area contributed by atoms with Crippen LogP contribution in [0.25, 0.3) is 0 Å². The van der Waals surface area contributed by atoms with Crippen LogP contribution in [-0.2, 0) is 0 Å². The highest BCUT2D eigenvalue weighted by Gasteiger charge is 2.15. The van der Waals surface area contributed by atoms with Crippen LogP contribution in [0.5, 0.6) is 0 Å². The summed E-state index contributed by atoms with van der Waals surface area (Å²) in [5, 5.41) is 3.71. The maximum atomic E-state index is 3.71. The van der Waals surface area contributed by atoms with E-state index in [1.807, 2.05) is 0 Å². The number of rotatable bonds is 8. The summed E-state index contributed by atoms with van der Waals surface area (Å²) in [6.07, 6.45) is 5.01. The van der Waals surface area contributed by atoms with E-state index in [1.54, 1.807) is 0 Å². The second-order valence-electron chi connectivity index (χ2n) is 5.70. The van der Waals surface area contributed by atoms with Gasteiger partial charge in [0.2, 0.25) is 0 Å². The fourth-order valence-electron chi connectivity index (χ4n) is 2.63. The van der Waals surface area contributed by atoms with E-state index in [2.05, 4.69) is 67.1 Å². The van der Waals surface area contributed by atoms with Crippen LogP contribution in [-0.4, -0.2) is 6.54 Å². The molecule has 1 rings (SSSR count). The van der Waals surface area contributed by atoms with Crippen molar-refractivity contribution in [3.63, 3.8) is 0 Å². The lowest BCUT2D eigenvalue weighted by molar-refractivity contribution is 0.390. The maximum Gasteiger partial charge on any atom is 0.0323 e. The molecule has 0 heterocycles. The van der Waals surface area contributed by atoms with Crippen LogP contribution in [0.3, 0.4) is 0 Å². The van der Waals surface area contributed by atoms with Gasteiger partial charge < -0.3 is 5.32 Å². The van der Waals surface area contributed by atoms with Gasteiger partial charge in [0.1, 0.15) is 0 Å². The predicted molar refractivity (Wildman–Crippen MR) is 88.6 cm³/mol. The lowest BCUT2D eigenvalue weighted by atomic mass is 9.92. The SMILES string of the molecule is CCCNC(CC(C)CCC)c1cc(C)cc(Br)c1. The third-order valence-electron chi connectivity index (χ3n) is 3.53. The summed E-state index contributed by atoms with van der Waals surface area (Å²) in [5.74, 6) is 0.777. The van der Waals surface area contributed by atoms with Gasteiger partial charge in [-0.15, -0.1) is 0 Å². The molecule has 108 valence electrons. The van der Waals surface area contributed by atoms with Crippen LogP contribution in [0.4, 0.5) is 0 Å². The molecule has 2 unspecified atom stereocenters. The third kappa shape index (κ3) is 6.09. The summed E-state index contributed by atoms with van der Waals surface area (Å²) in [6, 6.07) is 7.24. The Morgan fingerprint density at radius 2 is 1.89 bits per heavy atom. The van der Waals surface area contributed by atoms with Crippen molar-refractivity contribution in [3.8, 4) is 0 Å². The molecule has 19 heavy (non-hydrogen) atoms. The van der Waals surface area contributed by atoms with Crippen LogP contribution < -0.4 is 5.32 Å². The quantitative estimate of drug-likeness (QED) is 0.653. The molecule has 1 N–H and O–H groups in total. The van der Waals surface area contributed by atoms with Crippen molar-refractivity contribution in [2.45, 2.75) is 59.4 Å². The van der Waals surface area contributed by atoms with Gasteiger partial charge in [0.05, 0.1) is 0 Å². The Kier molecular flexibility index (Phi) is 7.70. The summed E-state index contributed by atoms with van der Waals surface area (Å²) in [5.41, 5.74) is 2.75. The molecule has 0 bridgehead atoms. The predicted octanol–water partition coefficient (Wildman–Crippen LogP) is 5.62. The Hall–Kier alpha value is -0.340. The standard InChI is InChI=1S/C17H28BrN/c1-5-7-13(3)11-17(19-8-6-2)15-9-14(4)10-16(18)12-15/h9-10,12-13,17,19H,5-8,11H2,1-4H3. The van der Waals surface area contributed by atoms with E-state index < -0.39 is 0 Å². The monoisotopic (exact) mass is 325 g/mol. The first-order chi connectivity index (χ1) is 9.06. The first-order valence-corrected chi connectivity index (χ1v) is 8.36. The second kappa shape index (κ2) is 8.76. The minimum absolute atomic E-state index is 0.484. The lowest BCUT2D eigenvalue weighted by Gasteiger charge is -2.23. The molecule has 1 aromatic rings.